The molecule has 0 aliphatic heterocycles. The normalized spacial score (nSPS) is 11.0. The number of rotatable bonds is 5. The molecule has 0 saturated carbocycles. The average molecular weight is 289 g/mol. The molecule has 1 amide bonds. The highest BCUT2D eigenvalue weighted by Crippen LogP contribution is 2.02. The van der Waals surface area contributed by atoms with Gasteiger partial charge in [0.05, 0.1) is 10.8 Å². The molecule has 0 fully saturated rings. The number of carbonyl (C=O) groups is 1. The molecule has 0 aliphatic rings. The Labute approximate surface area is 121 Å². The van der Waals surface area contributed by atoms with Crippen molar-refractivity contribution in [3.63, 3.8) is 0 Å². The summed E-state index contributed by atoms with van der Waals surface area (Å²) in [5, 5.41) is 5.93. The molecule has 0 saturated heterocycles. The van der Waals surface area contributed by atoms with Crippen LogP contribution in [0.4, 0.5) is 0 Å². The van der Waals surface area contributed by atoms with Crippen LogP contribution in [0, 0.1) is 0 Å². The van der Waals surface area contributed by atoms with Crippen LogP contribution >= 0.6 is 0 Å². The van der Waals surface area contributed by atoms with Gasteiger partial charge in [-0.1, -0.05) is 26.0 Å². The van der Waals surface area contributed by atoms with Crippen molar-refractivity contribution < 1.29 is 4.79 Å². The summed E-state index contributed by atoms with van der Waals surface area (Å²) in [6.45, 7) is 3.78. The lowest BCUT2D eigenvalue weighted by molar-refractivity contribution is -0.122. The maximum absolute atomic E-state index is 12.3. The molecule has 21 heavy (non-hydrogen) atoms. The number of H-pyrrole nitrogens is 1. The average Bonchev–Trinajstić information content (AvgIpc) is 2.50. The maximum Gasteiger partial charge on any atom is 0.273 e. The van der Waals surface area contributed by atoms with Crippen molar-refractivity contribution in [1.82, 2.24) is 15.1 Å². The molecule has 0 unspecified atom stereocenters. The minimum Gasteiger partial charge on any atom is -0.352 e. The Hall–Kier alpha value is -2.37. The number of hydrogen-bond acceptors (Lipinski definition) is 3. The van der Waals surface area contributed by atoms with E-state index in [2.05, 4.69) is 10.4 Å². The van der Waals surface area contributed by atoms with Gasteiger partial charge in [-0.25, -0.2) is 4.68 Å². The van der Waals surface area contributed by atoms with Crippen LogP contribution in [0.5, 0.6) is 0 Å². The molecule has 2 N–H and O–H groups in total. The van der Waals surface area contributed by atoms with Gasteiger partial charge in [-0.05, 0) is 25.0 Å². The van der Waals surface area contributed by atoms with Crippen molar-refractivity contribution in [2.45, 2.75) is 39.3 Å². The van der Waals surface area contributed by atoms with Crippen LogP contribution in [-0.4, -0.2) is 21.7 Å². The lowest BCUT2D eigenvalue weighted by atomic mass is 10.2. The van der Waals surface area contributed by atoms with Gasteiger partial charge in [0.1, 0.15) is 6.54 Å². The molecule has 0 aliphatic carbocycles. The first kappa shape index (κ1) is 15.0. The van der Waals surface area contributed by atoms with Crippen LogP contribution in [0.3, 0.4) is 0 Å². The number of carbonyl (C=O) groups excluding carboxylic acids is 1. The van der Waals surface area contributed by atoms with Gasteiger partial charge in [0.15, 0.2) is 0 Å². The van der Waals surface area contributed by atoms with Gasteiger partial charge in [0.2, 0.25) is 5.91 Å². The van der Waals surface area contributed by atoms with Gasteiger partial charge in [-0.2, -0.15) is 0 Å². The highest BCUT2D eigenvalue weighted by Gasteiger charge is 2.12. The molecule has 1 heterocycles. The summed E-state index contributed by atoms with van der Waals surface area (Å²) in [6, 6.07) is 6.64. The standard InChI is InChI=1S/C15H19N3O3/c1-3-10(4-2)16-13(19)9-18-15(21)12-8-6-5-7-11(12)14(20)17-18/h5-8,10H,3-4,9H2,1-2H3,(H,16,19)(H,17,20). The van der Waals surface area contributed by atoms with Gasteiger partial charge in [-0.3, -0.25) is 19.5 Å². The van der Waals surface area contributed by atoms with Crippen LogP contribution in [0.1, 0.15) is 26.7 Å². The number of hydrogen-bond donors (Lipinski definition) is 2. The number of aromatic amines is 1. The van der Waals surface area contributed by atoms with Crippen molar-refractivity contribution in [3.8, 4) is 0 Å². The largest absolute Gasteiger partial charge is 0.352 e. The molecule has 0 spiro atoms. The summed E-state index contributed by atoms with van der Waals surface area (Å²) >= 11 is 0. The third-order valence-corrected chi connectivity index (χ3v) is 3.54. The fourth-order valence-electron chi connectivity index (χ4n) is 2.27. The molecule has 0 bridgehead atoms. The molecule has 6 heteroatoms. The van der Waals surface area contributed by atoms with E-state index in [1.807, 2.05) is 13.8 Å². The highest BCUT2D eigenvalue weighted by atomic mass is 16.2. The second-order valence-corrected chi connectivity index (χ2v) is 4.96. The van der Waals surface area contributed by atoms with Gasteiger partial charge < -0.3 is 5.32 Å². The second-order valence-electron chi connectivity index (χ2n) is 4.96. The van der Waals surface area contributed by atoms with Crippen molar-refractivity contribution >= 4 is 16.7 Å². The smallest absolute Gasteiger partial charge is 0.273 e. The van der Waals surface area contributed by atoms with E-state index < -0.39 is 0 Å². The lowest BCUT2D eigenvalue weighted by Gasteiger charge is -2.15. The summed E-state index contributed by atoms with van der Waals surface area (Å²) in [5.74, 6) is -0.281. The van der Waals surface area contributed by atoms with E-state index in [9.17, 15) is 14.4 Å². The van der Waals surface area contributed by atoms with Gasteiger partial charge in [0.25, 0.3) is 11.1 Å². The maximum atomic E-state index is 12.3. The Balaban J connectivity index is 2.31. The molecule has 0 radical (unpaired) electrons. The molecule has 1 aromatic heterocycles. The first-order chi connectivity index (χ1) is 10.1. The van der Waals surface area contributed by atoms with E-state index in [1.165, 1.54) is 0 Å². The Morgan fingerprint density at radius 1 is 1.19 bits per heavy atom. The Bertz CT molecular complexity index is 757. The molecule has 2 aromatic rings. The van der Waals surface area contributed by atoms with Gasteiger partial charge in [0, 0.05) is 6.04 Å². The summed E-state index contributed by atoms with van der Waals surface area (Å²) < 4.78 is 1.06. The molecule has 1 aromatic carbocycles. The predicted molar refractivity (Wildman–Crippen MR) is 81.3 cm³/mol. The minimum atomic E-state index is -0.375. The van der Waals surface area contributed by atoms with E-state index in [1.54, 1.807) is 24.3 Å². The lowest BCUT2D eigenvalue weighted by Crippen LogP contribution is -2.40. The monoisotopic (exact) mass is 289 g/mol. The third kappa shape index (κ3) is 3.21. The first-order valence-electron chi connectivity index (χ1n) is 7.08. The van der Waals surface area contributed by atoms with Crippen LogP contribution in [0.25, 0.3) is 10.8 Å². The Morgan fingerprint density at radius 2 is 1.81 bits per heavy atom. The van der Waals surface area contributed by atoms with E-state index in [0.29, 0.717) is 10.8 Å². The molecule has 6 nitrogen and oxygen atoms in total. The van der Waals surface area contributed by atoms with Crippen molar-refractivity contribution in [2.24, 2.45) is 0 Å². The summed E-state index contributed by atoms with van der Waals surface area (Å²) in [5.41, 5.74) is -0.745. The van der Waals surface area contributed by atoms with Crippen molar-refractivity contribution in [3.05, 3.63) is 45.0 Å². The Kier molecular flexibility index (Phi) is 4.57. The third-order valence-electron chi connectivity index (χ3n) is 3.54. The fraction of sp³-hybridized carbons (Fsp3) is 0.400. The number of aromatic nitrogens is 2. The number of benzene rings is 1. The molecular weight excluding hydrogens is 270 g/mol. The van der Waals surface area contributed by atoms with E-state index in [4.69, 9.17) is 0 Å². The van der Waals surface area contributed by atoms with E-state index in [-0.39, 0.29) is 29.6 Å². The number of nitrogens with zero attached hydrogens (tertiary/aromatic N) is 1. The predicted octanol–water partition coefficient (Wildman–Crippen LogP) is 0.995. The minimum absolute atomic E-state index is 0.0837. The van der Waals surface area contributed by atoms with Crippen LogP contribution in [0.15, 0.2) is 33.9 Å². The Morgan fingerprint density at radius 3 is 2.43 bits per heavy atom. The quantitative estimate of drug-likeness (QED) is 0.861. The fourth-order valence-corrected chi connectivity index (χ4v) is 2.27. The number of fused-ring (bicyclic) bond motifs is 1. The zero-order valence-corrected chi connectivity index (χ0v) is 12.2. The molecular formula is C15H19N3O3. The number of nitrogens with one attached hydrogen (secondary N) is 2. The summed E-state index contributed by atoms with van der Waals surface area (Å²) in [7, 11) is 0. The summed E-state index contributed by atoms with van der Waals surface area (Å²) in [4.78, 5) is 36.1. The molecule has 0 atom stereocenters. The van der Waals surface area contributed by atoms with Crippen LogP contribution in [-0.2, 0) is 11.3 Å². The topological polar surface area (TPSA) is 84.0 Å². The van der Waals surface area contributed by atoms with Crippen molar-refractivity contribution in [2.75, 3.05) is 0 Å². The first-order valence-corrected chi connectivity index (χ1v) is 7.08. The van der Waals surface area contributed by atoms with E-state index in [0.717, 1.165) is 17.5 Å². The zero-order valence-electron chi connectivity index (χ0n) is 12.2. The zero-order chi connectivity index (χ0) is 15.4. The van der Waals surface area contributed by atoms with Gasteiger partial charge >= 0.3 is 0 Å². The van der Waals surface area contributed by atoms with Crippen LogP contribution in [0.2, 0.25) is 0 Å². The molecule has 2 rings (SSSR count). The van der Waals surface area contributed by atoms with Gasteiger partial charge in [-0.15, -0.1) is 0 Å². The van der Waals surface area contributed by atoms with E-state index >= 15 is 0 Å². The van der Waals surface area contributed by atoms with Crippen LogP contribution < -0.4 is 16.4 Å². The number of amides is 1. The highest BCUT2D eigenvalue weighted by molar-refractivity contribution is 5.81. The summed E-state index contributed by atoms with van der Waals surface area (Å²) in [6.07, 6.45) is 1.65. The second kappa shape index (κ2) is 6.39. The molecule has 112 valence electrons. The SMILES string of the molecule is CCC(CC)NC(=O)Cn1[nH]c(=O)c2ccccc2c1=O. The van der Waals surface area contributed by atoms with Crippen molar-refractivity contribution in [1.29, 1.82) is 0 Å².